The number of nitrogens with zero attached hydrogens (tertiary/aromatic N) is 1. The van der Waals surface area contributed by atoms with Gasteiger partial charge in [-0.1, -0.05) is 12.1 Å². The van der Waals surface area contributed by atoms with Crippen molar-refractivity contribution < 1.29 is 14.6 Å². The Kier molecular flexibility index (Phi) is 6.99. The number of thiazole rings is 1. The summed E-state index contributed by atoms with van der Waals surface area (Å²) in [4.78, 5) is 17.3. The molecule has 1 aromatic heterocycles. The summed E-state index contributed by atoms with van der Waals surface area (Å²) in [5, 5.41) is 15.2. The van der Waals surface area contributed by atoms with Crippen molar-refractivity contribution in [1.82, 2.24) is 10.3 Å². The predicted molar refractivity (Wildman–Crippen MR) is 106 cm³/mol. The number of alkyl carbamates (subject to hydrolysis) is 1. The highest BCUT2D eigenvalue weighted by Gasteiger charge is 2.16. The molecule has 0 saturated heterocycles. The number of hydrogen-bond donors (Lipinski definition) is 3. The van der Waals surface area contributed by atoms with Gasteiger partial charge in [-0.2, -0.15) is 0 Å². The minimum absolute atomic E-state index is 0.131. The molecule has 0 aliphatic rings. The highest BCUT2D eigenvalue weighted by Crippen LogP contribution is 2.31. The molecule has 1 aromatic carbocycles. The minimum Gasteiger partial charge on any atom is -0.444 e. The molecule has 26 heavy (non-hydrogen) atoms. The van der Waals surface area contributed by atoms with E-state index in [-0.39, 0.29) is 6.61 Å². The first-order valence-electron chi connectivity index (χ1n) is 8.65. The maximum atomic E-state index is 11.9. The van der Waals surface area contributed by atoms with Crippen LogP contribution in [0.5, 0.6) is 0 Å². The number of benzene rings is 1. The molecule has 0 atom stereocenters. The van der Waals surface area contributed by atoms with Gasteiger partial charge in [-0.05, 0) is 51.3 Å². The average Bonchev–Trinajstić information content (AvgIpc) is 2.98. The molecule has 3 N–H and O–H groups in total. The normalized spacial score (nSPS) is 11.3. The number of carbonyl (C=O) groups excluding carboxylic acids is 1. The van der Waals surface area contributed by atoms with Crippen LogP contribution in [0.2, 0.25) is 0 Å². The Hall–Kier alpha value is -2.12. The monoisotopic (exact) mass is 377 g/mol. The van der Waals surface area contributed by atoms with Gasteiger partial charge in [-0.15, -0.1) is 11.3 Å². The van der Waals surface area contributed by atoms with Crippen LogP contribution < -0.4 is 10.6 Å². The molecule has 1 heterocycles. The maximum absolute atomic E-state index is 11.9. The maximum Gasteiger partial charge on any atom is 0.407 e. The lowest BCUT2D eigenvalue weighted by Crippen LogP contribution is -2.32. The van der Waals surface area contributed by atoms with E-state index in [9.17, 15) is 4.79 Å². The number of anilines is 1. The number of aromatic nitrogens is 1. The third kappa shape index (κ3) is 6.00. The zero-order chi connectivity index (χ0) is 19.2. The Morgan fingerprint density at radius 1 is 1.35 bits per heavy atom. The molecule has 0 bridgehead atoms. The van der Waals surface area contributed by atoms with Crippen molar-refractivity contribution in [3.63, 3.8) is 0 Å². The van der Waals surface area contributed by atoms with Gasteiger partial charge in [0.05, 0.1) is 16.1 Å². The summed E-state index contributed by atoms with van der Waals surface area (Å²) in [6.07, 6.45) is 0.212. The molecule has 2 aromatic rings. The number of hydrogen-bond acceptors (Lipinski definition) is 6. The highest BCUT2D eigenvalue weighted by atomic mass is 32.1. The lowest BCUT2D eigenvalue weighted by atomic mass is 10.1. The average molecular weight is 378 g/mol. The molecule has 0 saturated carbocycles. The molecular weight excluding hydrogens is 350 g/mol. The van der Waals surface area contributed by atoms with Crippen LogP contribution in [-0.4, -0.2) is 34.9 Å². The number of aliphatic hydroxyl groups is 1. The van der Waals surface area contributed by atoms with Gasteiger partial charge < -0.3 is 20.5 Å². The van der Waals surface area contributed by atoms with Gasteiger partial charge in [-0.25, -0.2) is 9.78 Å². The summed E-state index contributed by atoms with van der Waals surface area (Å²) in [6.45, 7) is 8.64. The van der Waals surface area contributed by atoms with Gasteiger partial charge in [0.25, 0.3) is 0 Å². The van der Waals surface area contributed by atoms with Gasteiger partial charge in [-0.3, -0.25) is 0 Å². The summed E-state index contributed by atoms with van der Waals surface area (Å²) in [6, 6.07) is 6.08. The summed E-state index contributed by atoms with van der Waals surface area (Å²) < 4.78 is 5.29. The summed E-state index contributed by atoms with van der Waals surface area (Å²) >= 11 is 1.60. The number of aryl methyl sites for hydroxylation is 1. The summed E-state index contributed by atoms with van der Waals surface area (Å²) in [5.74, 6) is 0. The summed E-state index contributed by atoms with van der Waals surface area (Å²) in [5.41, 5.74) is 5.27. The van der Waals surface area contributed by atoms with Crippen molar-refractivity contribution in [2.45, 2.75) is 46.3 Å². The molecule has 0 aliphatic carbocycles. The van der Waals surface area contributed by atoms with Crippen molar-refractivity contribution in [2.24, 2.45) is 0 Å². The second kappa shape index (κ2) is 9.00. The molecule has 0 aliphatic heterocycles. The quantitative estimate of drug-likeness (QED) is 0.637. The van der Waals surface area contributed by atoms with Crippen LogP contribution >= 0.6 is 11.3 Å². The highest BCUT2D eigenvalue weighted by molar-refractivity contribution is 7.13. The number of nitrogens with one attached hydrogen (secondary N) is 2. The van der Waals surface area contributed by atoms with Crippen molar-refractivity contribution in [3.05, 3.63) is 35.0 Å². The first-order chi connectivity index (χ1) is 12.3. The fraction of sp³-hybridized carbons (Fsp3) is 0.474. The molecular formula is C19H27N3O3S. The number of rotatable bonds is 7. The Labute approximate surface area is 158 Å². The zero-order valence-corrected chi connectivity index (χ0v) is 16.6. The van der Waals surface area contributed by atoms with Crippen LogP contribution in [0.3, 0.4) is 0 Å². The van der Waals surface area contributed by atoms with Crippen LogP contribution in [0.15, 0.2) is 23.7 Å². The van der Waals surface area contributed by atoms with Crippen LogP contribution in [0.4, 0.5) is 10.5 Å². The van der Waals surface area contributed by atoms with Gasteiger partial charge in [0.15, 0.2) is 0 Å². The van der Waals surface area contributed by atoms with Crippen molar-refractivity contribution in [1.29, 1.82) is 0 Å². The molecule has 6 nitrogen and oxygen atoms in total. The second-order valence-corrected chi connectivity index (χ2v) is 7.85. The molecule has 0 radical (unpaired) electrons. The Bertz CT molecular complexity index is 738. The fourth-order valence-electron chi connectivity index (χ4n) is 2.40. The molecule has 0 fully saturated rings. The number of amides is 1. The minimum atomic E-state index is -0.528. The predicted octanol–water partition coefficient (Wildman–Crippen LogP) is 3.94. The first kappa shape index (κ1) is 20.2. The lowest BCUT2D eigenvalue weighted by Gasteiger charge is -2.20. The Balaban J connectivity index is 2.16. The molecule has 0 spiro atoms. The largest absolute Gasteiger partial charge is 0.444 e. The zero-order valence-electron chi connectivity index (χ0n) is 15.8. The van der Waals surface area contributed by atoms with E-state index in [1.807, 2.05) is 45.3 Å². The molecule has 1 amide bonds. The molecule has 2 rings (SSSR count). The van der Waals surface area contributed by atoms with E-state index in [0.29, 0.717) is 19.5 Å². The van der Waals surface area contributed by atoms with Gasteiger partial charge in [0.1, 0.15) is 5.60 Å². The number of ether oxygens (including phenoxy) is 1. The second-order valence-electron chi connectivity index (χ2n) is 7.00. The SMILES string of the molecule is Cc1ncsc1-c1ccc(CNC(=O)OC(C)(C)C)c(NCCCO)c1. The van der Waals surface area contributed by atoms with Crippen LogP contribution in [-0.2, 0) is 11.3 Å². The van der Waals surface area contributed by atoms with E-state index in [1.54, 1.807) is 11.3 Å². The van der Waals surface area contributed by atoms with E-state index in [2.05, 4.69) is 21.7 Å². The molecule has 142 valence electrons. The van der Waals surface area contributed by atoms with Crippen molar-refractivity contribution in [3.8, 4) is 10.4 Å². The van der Waals surface area contributed by atoms with Crippen molar-refractivity contribution >= 4 is 23.1 Å². The number of aliphatic hydroxyl groups excluding tert-OH is 1. The number of carbonyl (C=O) groups is 1. The summed E-state index contributed by atoms with van der Waals surface area (Å²) in [7, 11) is 0. The van der Waals surface area contributed by atoms with E-state index in [0.717, 1.165) is 27.4 Å². The Morgan fingerprint density at radius 3 is 2.73 bits per heavy atom. The van der Waals surface area contributed by atoms with E-state index >= 15 is 0 Å². The van der Waals surface area contributed by atoms with Crippen LogP contribution in [0, 0.1) is 6.92 Å². The standard InChI is InChI=1S/C19H27N3O3S/c1-13-17(26-12-22-13)14-6-7-15(16(10-14)20-8-5-9-23)11-21-18(24)25-19(2,3)4/h6-7,10,12,20,23H,5,8-9,11H2,1-4H3,(H,21,24). The smallest absolute Gasteiger partial charge is 0.407 e. The third-order valence-electron chi connectivity index (χ3n) is 3.59. The van der Waals surface area contributed by atoms with Crippen molar-refractivity contribution in [2.75, 3.05) is 18.5 Å². The van der Waals surface area contributed by atoms with E-state index in [1.165, 1.54) is 0 Å². The topological polar surface area (TPSA) is 83.5 Å². The Morgan fingerprint density at radius 2 is 2.12 bits per heavy atom. The van der Waals surface area contributed by atoms with Gasteiger partial charge in [0, 0.05) is 25.4 Å². The first-order valence-corrected chi connectivity index (χ1v) is 9.53. The van der Waals surface area contributed by atoms with Crippen LogP contribution in [0.25, 0.3) is 10.4 Å². The van der Waals surface area contributed by atoms with Gasteiger partial charge in [0.2, 0.25) is 0 Å². The fourth-order valence-corrected chi connectivity index (χ4v) is 3.20. The van der Waals surface area contributed by atoms with Gasteiger partial charge >= 0.3 is 6.09 Å². The molecule has 0 unspecified atom stereocenters. The van der Waals surface area contributed by atoms with Crippen LogP contribution in [0.1, 0.15) is 38.4 Å². The van der Waals surface area contributed by atoms with E-state index < -0.39 is 11.7 Å². The third-order valence-corrected chi connectivity index (χ3v) is 4.57. The molecule has 7 heteroatoms. The van der Waals surface area contributed by atoms with E-state index in [4.69, 9.17) is 9.84 Å². The lowest BCUT2D eigenvalue weighted by molar-refractivity contribution is 0.0523.